The summed E-state index contributed by atoms with van der Waals surface area (Å²) in [5.41, 5.74) is 1.15. The molecule has 3 heterocycles. The van der Waals surface area contributed by atoms with Gasteiger partial charge in [0.05, 0.1) is 11.9 Å². The van der Waals surface area contributed by atoms with Gasteiger partial charge in [-0.2, -0.15) is 0 Å². The average Bonchev–Trinajstić information content (AvgIpc) is 2.93. The number of rotatable bonds is 2. The molecule has 0 spiro atoms. The summed E-state index contributed by atoms with van der Waals surface area (Å²) in [5, 5.41) is 12.0. The minimum atomic E-state index is -0.405. The summed E-state index contributed by atoms with van der Waals surface area (Å²) in [6.45, 7) is 0. The first-order valence-electron chi connectivity index (χ1n) is 5.52. The van der Waals surface area contributed by atoms with E-state index in [-0.39, 0.29) is 5.75 Å². The van der Waals surface area contributed by atoms with Gasteiger partial charge in [-0.3, -0.25) is 14.3 Å². The van der Waals surface area contributed by atoms with Gasteiger partial charge in [0.15, 0.2) is 10.9 Å². The van der Waals surface area contributed by atoms with Crippen LogP contribution >= 0.6 is 11.3 Å². The minimum absolute atomic E-state index is 0.294. The minimum Gasteiger partial charge on any atom is -0.503 e. The van der Waals surface area contributed by atoms with Gasteiger partial charge in [0.2, 0.25) is 5.43 Å². The van der Waals surface area contributed by atoms with Gasteiger partial charge in [0.1, 0.15) is 5.69 Å². The summed E-state index contributed by atoms with van der Waals surface area (Å²) in [7, 11) is 0. The lowest BCUT2D eigenvalue weighted by molar-refractivity contribution is 0.465. The van der Waals surface area contributed by atoms with Crippen molar-refractivity contribution in [3.8, 4) is 22.3 Å². The number of pyridine rings is 2. The smallest absolute Gasteiger partial charge is 0.223 e. The highest BCUT2D eigenvalue weighted by Gasteiger charge is 2.07. The van der Waals surface area contributed by atoms with E-state index in [0.717, 1.165) is 11.4 Å². The molecular weight excluding hydrogens is 262 g/mol. The molecule has 0 bridgehead atoms. The molecule has 3 aromatic heterocycles. The summed E-state index contributed by atoms with van der Waals surface area (Å²) in [4.78, 5) is 19.8. The van der Waals surface area contributed by atoms with Gasteiger partial charge in [0.25, 0.3) is 0 Å². The highest BCUT2D eigenvalue weighted by atomic mass is 32.1. The standard InChI is InChI=1S/C13H9N3O2S/c17-11-4-6-16(7-12(11)18)13-15-10(8-19-13)9-3-1-2-5-14-9/h1-8,18H. The largest absolute Gasteiger partial charge is 0.503 e. The molecule has 94 valence electrons. The zero-order valence-corrected chi connectivity index (χ0v) is 10.5. The first-order chi connectivity index (χ1) is 9.24. The van der Waals surface area contributed by atoms with E-state index >= 15 is 0 Å². The molecule has 0 fully saturated rings. The summed E-state index contributed by atoms with van der Waals surface area (Å²) in [5.74, 6) is -0.294. The van der Waals surface area contributed by atoms with Crippen LogP contribution in [0.3, 0.4) is 0 Å². The fourth-order valence-electron chi connectivity index (χ4n) is 1.61. The van der Waals surface area contributed by atoms with Crippen molar-refractivity contribution in [1.29, 1.82) is 0 Å². The van der Waals surface area contributed by atoms with Gasteiger partial charge in [-0.15, -0.1) is 11.3 Å². The lowest BCUT2D eigenvalue weighted by Gasteiger charge is -2.01. The molecule has 5 nitrogen and oxygen atoms in total. The van der Waals surface area contributed by atoms with Gasteiger partial charge in [0, 0.05) is 23.8 Å². The Labute approximate surface area is 112 Å². The predicted molar refractivity (Wildman–Crippen MR) is 72.6 cm³/mol. The average molecular weight is 271 g/mol. The van der Waals surface area contributed by atoms with E-state index in [1.807, 2.05) is 23.6 Å². The van der Waals surface area contributed by atoms with Crippen molar-refractivity contribution < 1.29 is 5.11 Å². The van der Waals surface area contributed by atoms with Gasteiger partial charge in [-0.25, -0.2) is 4.98 Å². The third-order valence-electron chi connectivity index (χ3n) is 2.54. The molecule has 0 saturated heterocycles. The molecule has 0 aliphatic heterocycles. The summed E-state index contributed by atoms with van der Waals surface area (Å²) in [6, 6.07) is 6.92. The van der Waals surface area contributed by atoms with E-state index in [4.69, 9.17) is 0 Å². The number of aromatic nitrogens is 3. The molecule has 0 aliphatic rings. The van der Waals surface area contributed by atoms with E-state index in [1.165, 1.54) is 23.6 Å². The predicted octanol–water partition coefficient (Wildman–Crippen LogP) is 2.06. The van der Waals surface area contributed by atoms with E-state index in [1.54, 1.807) is 17.0 Å². The first kappa shape index (κ1) is 11.6. The summed E-state index contributed by atoms with van der Waals surface area (Å²) >= 11 is 1.41. The van der Waals surface area contributed by atoms with E-state index in [2.05, 4.69) is 9.97 Å². The Hall–Kier alpha value is -2.47. The number of nitrogens with zero attached hydrogens (tertiary/aromatic N) is 3. The molecule has 0 amide bonds. The normalized spacial score (nSPS) is 10.5. The number of aromatic hydroxyl groups is 1. The molecule has 0 aliphatic carbocycles. The molecule has 0 saturated carbocycles. The lowest BCUT2D eigenvalue weighted by Crippen LogP contribution is -2.03. The Morgan fingerprint density at radius 3 is 2.84 bits per heavy atom. The highest BCUT2D eigenvalue weighted by Crippen LogP contribution is 2.22. The summed E-state index contributed by atoms with van der Waals surface area (Å²) in [6.07, 6.45) is 4.63. The summed E-state index contributed by atoms with van der Waals surface area (Å²) < 4.78 is 1.60. The molecule has 0 atom stereocenters. The topological polar surface area (TPSA) is 68.0 Å². The fourth-order valence-corrected chi connectivity index (χ4v) is 2.38. The molecule has 3 aromatic rings. The van der Waals surface area contributed by atoms with Crippen LogP contribution in [0.5, 0.6) is 5.75 Å². The van der Waals surface area contributed by atoms with Crippen LogP contribution in [0, 0.1) is 0 Å². The zero-order valence-electron chi connectivity index (χ0n) is 9.72. The van der Waals surface area contributed by atoms with Crippen LogP contribution in [-0.4, -0.2) is 19.6 Å². The number of thiazole rings is 1. The van der Waals surface area contributed by atoms with E-state index < -0.39 is 5.43 Å². The maximum atomic E-state index is 11.1. The molecule has 19 heavy (non-hydrogen) atoms. The van der Waals surface area contributed by atoms with Crippen LogP contribution in [0.15, 0.2) is 53.0 Å². The van der Waals surface area contributed by atoms with Crippen LogP contribution < -0.4 is 5.43 Å². The van der Waals surface area contributed by atoms with Gasteiger partial charge in [-0.05, 0) is 12.1 Å². The Kier molecular flexibility index (Phi) is 2.85. The molecule has 1 N–H and O–H groups in total. The van der Waals surface area contributed by atoms with Crippen molar-refractivity contribution in [3.05, 3.63) is 58.5 Å². The van der Waals surface area contributed by atoms with E-state index in [9.17, 15) is 9.90 Å². The number of hydrogen-bond donors (Lipinski definition) is 1. The molecular formula is C13H9N3O2S. The van der Waals surface area contributed by atoms with Crippen molar-refractivity contribution in [1.82, 2.24) is 14.5 Å². The Morgan fingerprint density at radius 2 is 2.11 bits per heavy atom. The highest BCUT2D eigenvalue weighted by molar-refractivity contribution is 7.12. The van der Waals surface area contributed by atoms with Crippen LogP contribution in [0.2, 0.25) is 0 Å². The maximum absolute atomic E-state index is 11.1. The number of hydrogen-bond acceptors (Lipinski definition) is 5. The van der Waals surface area contributed by atoms with Crippen molar-refractivity contribution in [2.24, 2.45) is 0 Å². The van der Waals surface area contributed by atoms with Crippen molar-refractivity contribution >= 4 is 11.3 Å². The van der Waals surface area contributed by atoms with Gasteiger partial charge in [-0.1, -0.05) is 6.07 Å². The van der Waals surface area contributed by atoms with Crippen molar-refractivity contribution in [3.63, 3.8) is 0 Å². The van der Waals surface area contributed by atoms with E-state index in [0.29, 0.717) is 5.13 Å². The molecule has 6 heteroatoms. The van der Waals surface area contributed by atoms with Gasteiger partial charge < -0.3 is 5.11 Å². The van der Waals surface area contributed by atoms with Crippen LogP contribution in [0.4, 0.5) is 0 Å². The SMILES string of the molecule is O=c1ccn(-c2nc(-c3ccccn3)cs2)cc1O. The Balaban J connectivity index is 2.01. The quantitative estimate of drug-likeness (QED) is 0.774. The Morgan fingerprint density at radius 1 is 1.21 bits per heavy atom. The molecule has 0 aromatic carbocycles. The molecule has 3 rings (SSSR count). The van der Waals surface area contributed by atoms with Crippen LogP contribution in [-0.2, 0) is 0 Å². The maximum Gasteiger partial charge on any atom is 0.223 e. The van der Waals surface area contributed by atoms with Crippen LogP contribution in [0.1, 0.15) is 0 Å². The van der Waals surface area contributed by atoms with Gasteiger partial charge >= 0.3 is 0 Å². The second-order valence-corrected chi connectivity index (χ2v) is 4.67. The monoisotopic (exact) mass is 271 g/mol. The molecule has 0 unspecified atom stereocenters. The first-order valence-corrected chi connectivity index (χ1v) is 6.40. The van der Waals surface area contributed by atoms with Crippen molar-refractivity contribution in [2.75, 3.05) is 0 Å². The zero-order chi connectivity index (χ0) is 13.2. The fraction of sp³-hybridized carbons (Fsp3) is 0. The second-order valence-electron chi connectivity index (χ2n) is 3.83. The second kappa shape index (κ2) is 4.66. The molecule has 0 radical (unpaired) electrons. The lowest BCUT2D eigenvalue weighted by atomic mass is 10.3. The van der Waals surface area contributed by atoms with Crippen LogP contribution in [0.25, 0.3) is 16.5 Å². The third-order valence-corrected chi connectivity index (χ3v) is 3.39. The Bertz CT molecular complexity index is 765. The third kappa shape index (κ3) is 2.25. The van der Waals surface area contributed by atoms with Crippen molar-refractivity contribution in [2.45, 2.75) is 0 Å².